The molecule has 0 rings (SSSR count). The van der Waals surface area contributed by atoms with Gasteiger partial charge in [-0.2, -0.15) is 0 Å². The van der Waals surface area contributed by atoms with Gasteiger partial charge in [0, 0.05) is 0 Å². The topological polar surface area (TPSA) is 37.3 Å². The second-order valence-corrected chi connectivity index (χ2v) is 3.70. The number of rotatable bonds is 3. The number of hydrogen-bond donors (Lipinski definition) is 1. The van der Waals surface area contributed by atoms with Crippen LogP contribution in [0, 0.1) is 0 Å². The molecule has 0 aromatic carbocycles. The van der Waals surface area contributed by atoms with E-state index in [4.69, 9.17) is 5.11 Å². The van der Waals surface area contributed by atoms with Crippen LogP contribution in [0.3, 0.4) is 0 Å². The van der Waals surface area contributed by atoms with E-state index in [1.54, 1.807) is 0 Å². The summed E-state index contributed by atoms with van der Waals surface area (Å²) >= 11 is 0.193. The molecule has 0 fully saturated rings. The fourth-order valence-electron chi connectivity index (χ4n) is 0.175. The van der Waals surface area contributed by atoms with Gasteiger partial charge in [-0.05, 0) is 0 Å². The van der Waals surface area contributed by atoms with Gasteiger partial charge in [-0.3, -0.25) is 0 Å². The van der Waals surface area contributed by atoms with Crippen molar-refractivity contribution in [2.24, 2.45) is 0 Å². The van der Waals surface area contributed by atoms with Gasteiger partial charge in [-0.25, -0.2) is 0 Å². The standard InChI is InChI=1S/C4H8IO2/c1-5-3-2-4(6)7/h2-3H2,1H3,(H,6,7)/q-1. The molecule has 0 aliphatic rings. The van der Waals surface area contributed by atoms with E-state index in [0.717, 1.165) is 4.43 Å². The molecule has 1 N–H and O–H groups in total. The van der Waals surface area contributed by atoms with Gasteiger partial charge in [0.05, 0.1) is 0 Å². The van der Waals surface area contributed by atoms with Crippen molar-refractivity contribution >= 4 is 5.97 Å². The van der Waals surface area contributed by atoms with Crippen molar-refractivity contribution in [3.63, 3.8) is 0 Å². The van der Waals surface area contributed by atoms with Crippen molar-refractivity contribution in [1.29, 1.82) is 0 Å². The Balaban J connectivity index is 2.82. The predicted octanol–water partition coefficient (Wildman–Crippen LogP) is -2.82. The van der Waals surface area contributed by atoms with E-state index >= 15 is 0 Å². The molecule has 0 saturated heterocycles. The fraction of sp³-hybridized carbons (Fsp3) is 0.750. The minimum atomic E-state index is -0.665. The van der Waals surface area contributed by atoms with Gasteiger partial charge in [0.25, 0.3) is 0 Å². The fourth-order valence-corrected chi connectivity index (χ4v) is 1.18. The first-order valence-electron chi connectivity index (χ1n) is 1.93. The molecule has 7 heavy (non-hydrogen) atoms. The van der Waals surface area contributed by atoms with Crippen LogP contribution in [0.1, 0.15) is 6.42 Å². The maximum absolute atomic E-state index is 9.78. The number of alkyl halides is 2. The van der Waals surface area contributed by atoms with Gasteiger partial charge in [-0.15, -0.1) is 0 Å². The summed E-state index contributed by atoms with van der Waals surface area (Å²) in [5.74, 6) is -0.665. The summed E-state index contributed by atoms with van der Waals surface area (Å²) in [7, 11) is 0. The molecule has 0 aliphatic carbocycles. The van der Waals surface area contributed by atoms with Gasteiger partial charge in [0.15, 0.2) is 0 Å². The van der Waals surface area contributed by atoms with Crippen LogP contribution < -0.4 is 21.2 Å². The first kappa shape index (κ1) is 7.20. The summed E-state index contributed by atoms with van der Waals surface area (Å²) in [6.07, 6.45) is 0.365. The molecule has 0 atom stereocenters. The van der Waals surface area contributed by atoms with E-state index in [2.05, 4.69) is 4.93 Å². The molecule has 0 bridgehead atoms. The van der Waals surface area contributed by atoms with Crippen LogP contribution in [0.15, 0.2) is 0 Å². The average Bonchev–Trinajstić information content (AvgIpc) is 1.61. The SMILES string of the molecule is C[I-]CCC(=O)O. The third-order valence-electron chi connectivity index (χ3n) is 0.497. The summed E-state index contributed by atoms with van der Waals surface area (Å²) in [5.41, 5.74) is 0. The zero-order valence-corrected chi connectivity index (χ0v) is 6.31. The second kappa shape index (κ2) is 4.36. The van der Waals surface area contributed by atoms with E-state index < -0.39 is 5.97 Å². The number of hydrogen-bond acceptors (Lipinski definition) is 1. The molecule has 0 saturated carbocycles. The molecule has 0 radical (unpaired) electrons. The minimum absolute atomic E-state index is 0.193. The van der Waals surface area contributed by atoms with Gasteiger partial charge in [-0.1, -0.05) is 0 Å². The number of carboxylic acid groups (broad SMARTS) is 1. The Labute approximate surface area is 53.2 Å². The van der Waals surface area contributed by atoms with Crippen molar-refractivity contribution < 1.29 is 31.1 Å². The first-order chi connectivity index (χ1) is 3.27. The van der Waals surface area contributed by atoms with Crippen molar-refractivity contribution in [1.82, 2.24) is 0 Å². The van der Waals surface area contributed by atoms with Gasteiger partial charge < -0.3 is 0 Å². The third-order valence-corrected chi connectivity index (χ3v) is 2.12. The van der Waals surface area contributed by atoms with E-state index in [1.165, 1.54) is 0 Å². The van der Waals surface area contributed by atoms with Crippen LogP contribution in [0.4, 0.5) is 0 Å². The molecule has 0 unspecified atom stereocenters. The van der Waals surface area contributed by atoms with Gasteiger partial charge >= 0.3 is 52.9 Å². The zero-order chi connectivity index (χ0) is 5.70. The molecule has 0 amide bonds. The molecule has 2 nitrogen and oxygen atoms in total. The molecule has 0 aromatic rings. The van der Waals surface area contributed by atoms with Crippen molar-refractivity contribution in [2.45, 2.75) is 6.42 Å². The van der Waals surface area contributed by atoms with E-state index in [1.807, 2.05) is 0 Å². The van der Waals surface area contributed by atoms with Crippen LogP contribution in [0.5, 0.6) is 0 Å². The van der Waals surface area contributed by atoms with Crippen LogP contribution in [0.25, 0.3) is 0 Å². The Kier molecular flexibility index (Phi) is 4.49. The molecule has 0 spiro atoms. The Morgan fingerprint density at radius 2 is 2.43 bits per heavy atom. The van der Waals surface area contributed by atoms with Crippen molar-refractivity contribution in [3.05, 3.63) is 0 Å². The number of halogens is 1. The first-order valence-corrected chi connectivity index (χ1v) is 5.61. The molecular formula is C4H8IO2-. The van der Waals surface area contributed by atoms with Crippen LogP contribution >= 0.6 is 0 Å². The summed E-state index contributed by atoms with van der Waals surface area (Å²) in [5, 5.41) is 8.06. The molecule has 0 aromatic heterocycles. The van der Waals surface area contributed by atoms with E-state index in [-0.39, 0.29) is 21.2 Å². The molecule has 0 aliphatic heterocycles. The van der Waals surface area contributed by atoms with Crippen LogP contribution in [-0.2, 0) is 4.79 Å². The monoisotopic (exact) mass is 215 g/mol. The van der Waals surface area contributed by atoms with Gasteiger partial charge in [0.2, 0.25) is 0 Å². The molecule has 44 valence electrons. The Hall–Kier alpha value is 0.200. The van der Waals surface area contributed by atoms with Crippen molar-refractivity contribution in [3.8, 4) is 0 Å². The normalized spacial score (nSPS) is 9.29. The van der Waals surface area contributed by atoms with Gasteiger partial charge in [0.1, 0.15) is 0 Å². The predicted molar refractivity (Wildman–Crippen MR) is 23.0 cm³/mol. The quantitative estimate of drug-likeness (QED) is 0.407. The Morgan fingerprint density at radius 3 is 2.57 bits per heavy atom. The zero-order valence-electron chi connectivity index (χ0n) is 4.15. The average molecular weight is 215 g/mol. The number of carbonyl (C=O) groups is 1. The summed E-state index contributed by atoms with van der Waals surface area (Å²) < 4.78 is 0.911. The Bertz CT molecular complexity index is 62.7. The molecule has 3 heteroatoms. The summed E-state index contributed by atoms with van der Waals surface area (Å²) in [4.78, 5) is 11.9. The van der Waals surface area contributed by atoms with E-state index in [9.17, 15) is 4.79 Å². The van der Waals surface area contributed by atoms with E-state index in [0.29, 0.717) is 6.42 Å². The summed E-state index contributed by atoms with van der Waals surface area (Å²) in [6.45, 7) is 0. The second-order valence-electron chi connectivity index (χ2n) is 1.10. The number of aliphatic carboxylic acids is 1. The van der Waals surface area contributed by atoms with Crippen molar-refractivity contribution in [2.75, 3.05) is 9.36 Å². The molecule has 0 heterocycles. The third kappa shape index (κ3) is 6.20. The Morgan fingerprint density at radius 1 is 1.86 bits per heavy atom. The van der Waals surface area contributed by atoms with Crippen LogP contribution in [0.2, 0.25) is 0 Å². The molecular weight excluding hydrogens is 207 g/mol. The maximum atomic E-state index is 9.78. The number of carboxylic acids is 1. The van der Waals surface area contributed by atoms with Crippen LogP contribution in [-0.4, -0.2) is 20.4 Å². The summed E-state index contributed by atoms with van der Waals surface area (Å²) in [6, 6.07) is 0.